The summed E-state index contributed by atoms with van der Waals surface area (Å²) in [4.78, 5) is 0. The molecule has 0 aliphatic carbocycles. The zero-order valence-electron chi connectivity index (χ0n) is 10.7. The maximum atomic E-state index is 4.24. The molecule has 0 spiro atoms. The van der Waals surface area contributed by atoms with Crippen LogP contribution in [0.1, 0.15) is 11.1 Å². The van der Waals surface area contributed by atoms with Gasteiger partial charge in [-0.1, -0.05) is 12.1 Å². The highest BCUT2D eigenvalue weighted by molar-refractivity contribution is 5.59. The standard InChI is InChI=1S/C13H17N5/c1-14-13-17-16-12(18(13)2)10-4-3-9-5-6-15-8-11(9)7-10/h3-4,7,15H,5-6,8H2,1-2H3,(H,14,17). The lowest BCUT2D eigenvalue weighted by atomic mass is 9.98. The molecule has 2 heterocycles. The summed E-state index contributed by atoms with van der Waals surface area (Å²) in [5, 5.41) is 14.8. The van der Waals surface area contributed by atoms with Gasteiger partial charge in [0.1, 0.15) is 0 Å². The Morgan fingerprint density at radius 3 is 2.94 bits per heavy atom. The lowest BCUT2D eigenvalue weighted by Crippen LogP contribution is -2.23. The molecule has 0 amide bonds. The van der Waals surface area contributed by atoms with Crippen molar-refractivity contribution in [1.82, 2.24) is 20.1 Å². The molecule has 5 nitrogen and oxygen atoms in total. The van der Waals surface area contributed by atoms with Gasteiger partial charge in [0.25, 0.3) is 0 Å². The number of nitrogens with zero attached hydrogens (tertiary/aromatic N) is 3. The Hall–Kier alpha value is -1.88. The minimum absolute atomic E-state index is 0.779. The Bertz CT molecular complexity index is 573. The predicted octanol–water partition coefficient (Wildman–Crippen LogP) is 1.17. The van der Waals surface area contributed by atoms with Crippen molar-refractivity contribution in [3.63, 3.8) is 0 Å². The molecule has 0 fully saturated rings. The van der Waals surface area contributed by atoms with Gasteiger partial charge in [0, 0.05) is 26.2 Å². The fourth-order valence-corrected chi connectivity index (χ4v) is 2.42. The van der Waals surface area contributed by atoms with Crippen LogP contribution in [-0.4, -0.2) is 28.4 Å². The number of hydrogen-bond donors (Lipinski definition) is 2. The van der Waals surface area contributed by atoms with E-state index in [1.54, 1.807) is 0 Å². The van der Waals surface area contributed by atoms with Gasteiger partial charge in [-0.15, -0.1) is 10.2 Å². The van der Waals surface area contributed by atoms with Crippen molar-refractivity contribution in [3.05, 3.63) is 29.3 Å². The summed E-state index contributed by atoms with van der Waals surface area (Å²) in [7, 11) is 3.82. The first-order valence-electron chi connectivity index (χ1n) is 6.19. The third-order valence-corrected chi connectivity index (χ3v) is 3.45. The number of benzene rings is 1. The number of nitrogens with one attached hydrogen (secondary N) is 2. The second-order valence-corrected chi connectivity index (χ2v) is 4.57. The van der Waals surface area contributed by atoms with Crippen LogP contribution >= 0.6 is 0 Å². The molecule has 1 aromatic heterocycles. The molecule has 2 aromatic rings. The highest BCUT2D eigenvalue weighted by atomic mass is 15.3. The Morgan fingerprint density at radius 2 is 2.17 bits per heavy atom. The van der Waals surface area contributed by atoms with Gasteiger partial charge in [0.15, 0.2) is 5.82 Å². The molecule has 0 saturated carbocycles. The molecule has 5 heteroatoms. The van der Waals surface area contributed by atoms with E-state index in [-0.39, 0.29) is 0 Å². The van der Waals surface area contributed by atoms with Crippen molar-refractivity contribution >= 4 is 5.95 Å². The van der Waals surface area contributed by atoms with Crippen molar-refractivity contribution < 1.29 is 0 Å². The molecule has 18 heavy (non-hydrogen) atoms. The summed E-state index contributed by atoms with van der Waals surface area (Å²) in [5.74, 6) is 1.67. The van der Waals surface area contributed by atoms with Gasteiger partial charge in [-0.3, -0.25) is 4.57 Å². The van der Waals surface area contributed by atoms with Crippen LogP contribution in [0.15, 0.2) is 18.2 Å². The van der Waals surface area contributed by atoms with Gasteiger partial charge in [-0.05, 0) is 30.2 Å². The van der Waals surface area contributed by atoms with Crippen LogP contribution in [-0.2, 0) is 20.0 Å². The minimum Gasteiger partial charge on any atom is -0.357 e. The summed E-state index contributed by atoms with van der Waals surface area (Å²) in [6, 6.07) is 6.55. The normalized spacial score (nSPS) is 14.3. The first kappa shape index (κ1) is 11.2. The van der Waals surface area contributed by atoms with Crippen LogP contribution in [0.5, 0.6) is 0 Å². The van der Waals surface area contributed by atoms with E-state index in [4.69, 9.17) is 0 Å². The third-order valence-electron chi connectivity index (χ3n) is 3.45. The molecule has 3 rings (SSSR count). The Morgan fingerprint density at radius 1 is 1.28 bits per heavy atom. The molecule has 2 N–H and O–H groups in total. The molecule has 0 unspecified atom stereocenters. The molecule has 0 saturated heterocycles. The minimum atomic E-state index is 0.779. The highest BCUT2D eigenvalue weighted by Crippen LogP contribution is 2.23. The summed E-state index contributed by atoms with van der Waals surface area (Å²) in [6.07, 6.45) is 1.11. The van der Waals surface area contributed by atoms with Crippen LogP contribution in [0.3, 0.4) is 0 Å². The number of hydrogen-bond acceptors (Lipinski definition) is 4. The van der Waals surface area contributed by atoms with Gasteiger partial charge in [-0.25, -0.2) is 0 Å². The van der Waals surface area contributed by atoms with Gasteiger partial charge < -0.3 is 10.6 Å². The lowest BCUT2D eigenvalue weighted by molar-refractivity contribution is 0.644. The maximum Gasteiger partial charge on any atom is 0.224 e. The van der Waals surface area contributed by atoms with E-state index in [1.165, 1.54) is 11.1 Å². The molecule has 0 radical (unpaired) electrons. The van der Waals surface area contributed by atoms with Gasteiger partial charge in [0.05, 0.1) is 0 Å². The average molecular weight is 243 g/mol. The molecule has 0 bridgehead atoms. The van der Waals surface area contributed by atoms with Gasteiger partial charge >= 0.3 is 0 Å². The number of rotatable bonds is 2. The van der Waals surface area contributed by atoms with E-state index in [9.17, 15) is 0 Å². The van der Waals surface area contributed by atoms with E-state index in [2.05, 4.69) is 39.0 Å². The Kier molecular flexibility index (Phi) is 2.76. The third kappa shape index (κ3) is 1.76. The zero-order chi connectivity index (χ0) is 12.5. The molecular weight excluding hydrogens is 226 g/mol. The van der Waals surface area contributed by atoms with Gasteiger partial charge in [0.2, 0.25) is 5.95 Å². The summed E-state index contributed by atoms with van der Waals surface area (Å²) < 4.78 is 1.97. The summed E-state index contributed by atoms with van der Waals surface area (Å²) in [6.45, 7) is 2.01. The summed E-state index contributed by atoms with van der Waals surface area (Å²) in [5.41, 5.74) is 3.93. The SMILES string of the molecule is CNc1nnc(-c2ccc3c(c2)CNCC3)n1C. The average Bonchev–Trinajstić information content (AvgIpc) is 2.79. The first-order valence-corrected chi connectivity index (χ1v) is 6.19. The quantitative estimate of drug-likeness (QED) is 0.831. The lowest BCUT2D eigenvalue weighted by Gasteiger charge is -2.17. The van der Waals surface area contributed by atoms with E-state index in [0.29, 0.717) is 0 Å². The van der Waals surface area contributed by atoms with Crippen molar-refractivity contribution in [3.8, 4) is 11.4 Å². The van der Waals surface area contributed by atoms with E-state index in [1.807, 2.05) is 18.7 Å². The van der Waals surface area contributed by atoms with Crippen LogP contribution in [0.25, 0.3) is 11.4 Å². The number of anilines is 1. The first-order chi connectivity index (χ1) is 8.79. The van der Waals surface area contributed by atoms with Crippen LogP contribution in [0.4, 0.5) is 5.95 Å². The topological polar surface area (TPSA) is 54.8 Å². The molecule has 1 aliphatic rings. The van der Waals surface area contributed by atoms with Crippen LogP contribution in [0.2, 0.25) is 0 Å². The smallest absolute Gasteiger partial charge is 0.224 e. The predicted molar refractivity (Wildman–Crippen MR) is 71.4 cm³/mol. The van der Waals surface area contributed by atoms with Crippen LogP contribution in [0, 0.1) is 0 Å². The Balaban J connectivity index is 2.03. The fraction of sp³-hybridized carbons (Fsp3) is 0.385. The number of aromatic nitrogens is 3. The van der Waals surface area contributed by atoms with Crippen molar-refractivity contribution in [1.29, 1.82) is 0 Å². The molecule has 94 valence electrons. The zero-order valence-corrected chi connectivity index (χ0v) is 10.7. The van der Waals surface area contributed by atoms with E-state index in [0.717, 1.165) is 36.8 Å². The Labute approximate surface area is 106 Å². The second-order valence-electron chi connectivity index (χ2n) is 4.57. The maximum absolute atomic E-state index is 4.24. The summed E-state index contributed by atoms with van der Waals surface area (Å²) >= 11 is 0. The molecular formula is C13H17N5. The van der Waals surface area contributed by atoms with Crippen LogP contribution < -0.4 is 10.6 Å². The van der Waals surface area contributed by atoms with Crippen molar-refractivity contribution in [2.24, 2.45) is 7.05 Å². The largest absolute Gasteiger partial charge is 0.357 e. The molecule has 0 atom stereocenters. The van der Waals surface area contributed by atoms with E-state index >= 15 is 0 Å². The molecule has 1 aliphatic heterocycles. The van der Waals surface area contributed by atoms with Crippen molar-refractivity contribution in [2.75, 3.05) is 18.9 Å². The highest BCUT2D eigenvalue weighted by Gasteiger charge is 2.13. The second kappa shape index (κ2) is 4.42. The number of fused-ring (bicyclic) bond motifs is 1. The molecule has 1 aromatic carbocycles. The van der Waals surface area contributed by atoms with Gasteiger partial charge in [-0.2, -0.15) is 0 Å². The van der Waals surface area contributed by atoms with Crippen molar-refractivity contribution in [2.45, 2.75) is 13.0 Å². The van der Waals surface area contributed by atoms with E-state index < -0.39 is 0 Å². The fourth-order valence-electron chi connectivity index (χ4n) is 2.42. The monoisotopic (exact) mass is 243 g/mol.